The molecule has 1 unspecified atom stereocenters. The van der Waals surface area contributed by atoms with Crippen molar-refractivity contribution in [2.45, 2.75) is 31.2 Å². The number of ether oxygens (including phenoxy) is 11. The Morgan fingerprint density at radius 1 is 0.568 bits per heavy atom. The molecule has 0 aromatic carbocycles. The second kappa shape index (κ2) is 23.9. The highest BCUT2D eigenvalue weighted by molar-refractivity contribution is 9.09. The van der Waals surface area contributed by atoms with Gasteiger partial charge in [-0.15, -0.1) is 0 Å². The highest BCUT2D eigenvalue weighted by Crippen LogP contribution is 2.17. The first-order valence-corrected chi connectivity index (χ1v) is 14.5. The topological polar surface area (TPSA) is 102 Å². The van der Waals surface area contributed by atoms with Crippen molar-refractivity contribution in [2.75, 3.05) is 131 Å². The summed E-state index contributed by atoms with van der Waals surface area (Å²) in [5.41, 5.74) is -0.654. The van der Waals surface area contributed by atoms with Crippen LogP contribution in [0.4, 0.5) is 0 Å². The lowest BCUT2D eigenvalue weighted by Crippen LogP contribution is -2.46. The Morgan fingerprint density at radius 2 is 1.05 bits per heavy atom. The molecule has 2 heterocycles. The van der Waals surface area contributed by atoms with Crippen LogP contribution in [0.25, 0.3) is 0 Å². The molecular formula is C25H47BrO11. The summed E-state index contributed by atoms with van der Waals surface area (Å²) in [6, 6.07) is 0. The molecule has 1 atom stereocenters. The van der Waals surface area contributed by atoms with Crippen LogP contribution in [-0.4, -0.2) is 143 Å². The highest BCUT2D eigenvalue weighted by atomic mass is 79.9. The van der Waals surface area contributed by atoms with Gasteiger partial charge in [0.15, 0.2) is 6.29 Å². The molecule has 2 aliphatic heterocycles. The van der Waals surface area contributed by atoms with E-state index in [1.165, 1.54) is 0 Å². The minimum Gasteiger partial charge on any atom is -0.377 e. The van der Waals surface area contributed by atoms with Crippen molar-refractivity contribution in [1.29, 1.82) is 0 Å². The predicted molar refractivity (Wildman–Crippen MR) is 139 cm³/mol. The van der Waals surface area contributed by atoms with Crippen molar-refractivity contribution in [3.05, 3.63) is 0 Å². The molecular weight excluding hydrogens is 556 g/mol. The molecule has 0 aromatic rings. The molecule has 0 saturated carbocycles. The van der Waals surface area contributed by atoms with E-state index in [4.69, 9.17) is 52.1 Å². The fourth-order valence-electron chi connectivity index (χ4n) is 3.47. The largest absolute Gasteiger partial charge is 0.377 e. The number of alkyl halides is 1. The van der Waals surface area contributed by atoms with Gasteiger partial charge >= 0.3 is 0 Å². The van der Waals surface area contributed by atoms with Gasteiger partial charge < -0.3 is 52.1 Å². The van der Waals surface area contributed by atoms with E-state index >= 15 is 0 Å². The predicted octanol–water partition coefficient (Wildman–Crippen LogP) is 1.83. The quantitative estimate of drug-likeness (QED) is 0.285. The zero-order valence-electron chi connectivity index (χ0n) is 22.2. The van der Waals surface area contributed by atoms with Gasteiger partial charge in [0.05, 0.1) is 119 Å². The molecule has 0 aromatic heterocycles. The number of rotatable bonds is 9. The third-order valence-electron chi connectivity index (χ3n) is 5.51. The molecule has 2 fully saturated rings. The summed E-state index contributed by atoms with van der Waals surface area (Å²) < 4.78 is 62.4. The summed E-state index contributed by atoms with van der Waals surface area (Å²) in [6.07, 6.45) is 3.10. The smallest absolute Gasteiger partial charge is 0.157 e. The molecule has 0 bridgehead atoms. The SMILES string of the molecule is BrCC1(OCCOCCOC2CCCCO2)COCCOCCOCCOCCOCCOCCOC1. The molecule has 0 spiro atoms. The van der Waals surface area contributed by atoms with Crippen LogP contribution < -0.4 is 0 Å². The first-order valence-electron chi connectivity index (χ1n) is 13.4. The van der Waals surface area contributed by atoms with Crippen molar-refractivity contribution >= 4 is 15.9 Å². The molecule has 0 aliphatic carbocycles. The van der Waals surface area contributed by atoms with E-state index in [0.717, 1.165) is 25.9 Å². The maximum atomic E-state index is 6.19. The fourth-order valence-corrected chi connectivity index (χ4v) is 3.96. The van der Waals surface area contributed by atoms with Gasteiger partial charge in [0.2, 0.25) is 0 Å². The maximum absolute atomic E-state index is 6.19. The summed E-state index contributed by atoms with van der Waals surface area (Å²) in [7, 11) is 0. The zero-order valence-corrected chi connectivity index (χ0v) is 23.8. The first-order chi connectivity index (χ1) is 18.3. The van der Waals surface area contributed by atoms with Crippen LogP contribution in [0.15, 0.2) is 0 Å². The van der Waals surface area contributed by atoms with Crippen LogP contribution in [0.5, 0.6) is 0 Å². The maximum Gasteiger partial charge on any atom is 0.157 e. The molecule has 2 aliphatic rings. The third kappa shape index (κ3) is 18.1. The van der Waals surface area contributed by atoms with E-state index in [-0.39, 0.29) is 6.29 Å². The van der Waals surface area contributed by atoms with Crippen molar-refractivity contribution in [3.63, 3.8) is 0 Å². The Labute approximate surface area is 230 Å². The Hall–Kier alpha value is 0.0400. The monoisotopic (exact) mass is 602 g/mol. The number of hydrogen-bond donors (Lipinski definition) is 0. The Balaban J connectivity index is 1.66. The molecule has 2 saturated heterocycles. The van der Waals surface area contributed by atoms with Crippen LogP contribution in [-0.2, 0) is 52.1 Å². The van der Waals surface area contributed by atoms with Crippen molar-refractivity contribution in [2.24, 2.45) is 0 Å². The number of halogens is 1. The Morgan fingerprint density at radius 3 is 1.51 bits per heavy atom. The first kappa shape index (κ1) is 33.2. The lowest BCUT2D eigenvalue weighted by atomic mass is 10.1. The van der Waals surface area contributed by atoms with Crippen LogP contribution >= 0.6 is 15.9 Å². The fraction of sp³-hybridized carbons (Fsp3) is 1.00. The summed E-state index contributed by atoms with van der Waals surface area (Å²) in [5.74, 6) is 0. The molecule has 220 valence electrons. The van der Waals surface area contributed by atoms with Gasteiger partial charge in [-0.2, -0.15) is 0 Å². The summed E-state index contributed by atoms with van der Waals surface area (Å²) in [5, 5.41) is 0.549. The molecule has 0 radical (unpaired) electrons. The van der Waals surface area contributed by atoms with E-state index in [9.17, 15) is 0 Å². The second-order valence-electron chi connectivity index (χ2n) is 8.61. The van der Waals surface area contributed by atoms with Crippen molar-refractivity contribution in [1.82, 2.24) is 0 Å². The Bertz CT molecular complexity index is 475. The van der Waals surface area contributed by atoms with Gasteiger partial charge in [-0.05, 0) is 19.3 Å². The average Bonchev–Trinajstić information content (AvgIpc) is 2.93. The van der Waals surface area contributed by atoms with E-state index in [0.29, 0.717) is 124 Å². The van der Waals surface area contributed by atoms with Gasteiger partial charge in [-0.3, -0.25) is 0 Å². The lowest BCUT2D eigenvalue weighted by molar-refractivity contribution is -0.171. The normalized spacial score (nSPS) is 25.1. The van der Waals surface area contributed by atoms with Gasteiger partial charge in [-0.1, -0.05) is 15.9 Å². The van der Waals surface area contributed by atoms with E-state index in [2.05, 4.69) is 15.9 Å². The van der Waals surface area contributed by atoms with Crippen LogP contribution in [0.1, 0.15) is 19.3 Å². The second-order valence-corrected chi connectivity index (χ2v) is 9.17. The summed E-state index contributed by atoms with van der Waals surface area (Å²) in [6.45, 7) is 9.31. The van der Waals surface area contributed by atoms with Crippen molar-refractivity contribution in [3.8, 4) is 0 Å². The third-order valence-corrected chi connectivity index (χ3v) is 6.53. The van der Waals surface area contributed by atoms with Gasteiger partial charge in [-0.25, -0.2) is 0 Å². The van der Waals surface area contributed by atoms with Gasteiger partial charge in [0, 0.05) is 11.9 Å². The minimum atomic E-state index is -0.654. The summed E-state index contributed by atoms with van der Waals surface area (Å²) in [4.78, 5) is 0. The van der Waals surface area contributed by atoms with Crippen LogP contribution in [0, 0.1) is 0 Å². The molecule has 2 rings (SSSR count). The average molecular weight is 604 g/mol. The lowest BCUT2D eigenvalue weighted by Gasteiger charge is -2.32. The van der Waals surface area contributed by atoms with Gasteiger partial charge in [0.1, 0.15) is 5.60 Å². The number of hydrogen-bond acceptors (Lipinski definition) is 11. The van der Waals surface area contributed by atoms with E-state index in [1.807, 2.05) is 0 Å². The molecule has 37 heavy (non-hydrogen) atoms. The van der Waals surface area contributed by atoms with Gasteiger partial charge in [0.25, 0.3) is 0 Å². The zero-order chi connectivity index (χ0) is 26.1. The molecule has 11 nitrogen and oxygen atoms in total. The summed E-state index contributed by atoms with van der Waals surface area (Å²) >= 11 is 3.58. The van der Waals surface area contributed by atoms with E-state index in [1.54, 1.807) is 0 Å². The standard InChI is InChI=1S/C25H47BrO11/c26-21-25(37-20-18-32-17-19-36-24-3-1-2-4-35-24)22-33-15-13-30-11-9-28-7-5-27-6-8-29-10-12-31-14-16-34-23-25/h24H,1-23H2. The van der Waals surface area contributed by atoms with Crippen LogP contribution in [0.3, 0.4) is 0 Å². The van der Waals surface area contributed by atoms with E-state index < -0.39 is 5.60 Å². The highest BCUT2D eigenvalue weighted by Gasteiger charge is 2.31. The van der Waals surface area contributed by atoms with Crippen molar-refractivity contribution < 1.29 is 52.1 Å². The Kier molecular flexibility index (Phi) is 21.5. The minimum absolute atomic E-state index is 0.0996. The van der Waals surface area contributed by atoms with Crippen LogP contribution in [0.2, 0.25) is 0 Å². The molecule has 12 heteroatoms. The molecule has 0 amide bonds. The molecule has 0 N–H and O–H groups in total.